The molecule has 7 heteroatoms. The number of rotatable bonds is 4. The molecule has 23 heavy (non-hydrogen) atoms. The summed E-state index contributed by atoms with van der Waals surface area (Å²) in [5, 5.41) is 2.52. The van der Waals surface area contributed by atoms with E-state index in [-0.39, 0.29) is 5.95 Å². The highest BCUT2D eigenvalue weighted by Gasteiger charge is 2.14. The van der Waals surface area contributed by atoms with E-state index < -0.39 is 11.8 Å². The van der Waals surface area contributed by atoms with Crippen molar-refractivity contribution in [2.75, 3.05) is 10.7 Å². The molecule has 0 aliphatic rings. The Morgan fingerprint density at radius 3 is 2.17 bits per heavy atom. The van der Waals surface area contributed by atoms with Gasteiger partial charge >= 0.3 is 11.8 Å². The maximum atomic E-state index is 11.8. The molecule has 0 spiro atoms. The second-order valence-corrected chi connectivity index (χ2v) is 5.06. The zero-order valence-corrected chi connectivity index (χ0v) is 13.3. The molecule has 2 aromatic rings. The van der Waals surface area contributed by atoms with Gasteiger partial charge in [0, 0.05) is 17.1 Å². The molecule has 2 amide bonds. The molecule has 1 heterocycles. The van der Waals surface area contributed by atoms with Crippen LogP contribution in [0.1, 0.15) is 23.9 Å². The Morgan fingerprint density at radius 2 is 1.61 bits per heavy atom. The third-order valence-electron chi connectivity index (χ3n) is 3.10. The predicted molar refractivity (Wildman–Crippen MR) is 87.7 cm³/mol. The van der Waals surface area contributed by atoms with Gasteiger partial charge in [0.1, 0.15) is 0 Å². The first-order valence-electron chi connectivity index (χ1n) is 7.26. The van der Waals surface area contributed by atoms with Crippen molar-refractivity contribution >= 4 is 23.5 Å². The van der Waals surface area contributed by atoms with E-state index in [1.54, 1.807) is 18.2 Å². The van der Waals surface area contributed by atoms with Crippen molar-refractivity contribution < 1.29 is 9.59 Å². The number of carbonyl (C=O) groups is 2. The second-order valence-electron chi connectivity index (χ2n) is 5.06. The fourth-order valence-electron chi connectivity index (χ4n) is 1.96. The molecule has 0 aliphatic heterocycles. The first-order chi connectivity index (χ1) is 11.0. The summed E-state index contributed by atoms with van der Waals surface area (Å²) in [4.78, 5) is 31.8. The summed E-state index contributed by atoms with van der Waals surface area (Å²) in [5.41, 5.74) is 8.03. The van der Waals surface area contributed by atoms with Gasteiger partial charge in [0.2, 0.25) is 5.95 Å². The molecule has 0 atom stereocenters. The normalized spacial score (nSPS) is 10.0. The van der Waals surface area contributed by atoms with E-state index in [9.17, 15) is 9.59 Å². The van der Waals surface area contributed by atoms with Crippen LogP contribution in [0.25, 0.3) is 0 Å². The highest BCUT2D eigenvalue weighted by Crippen LogP contribution is 2.09. The number of nitrogens with one attached hydrogen (secondary N) is 3. The quantitative estimate of drug-likeness (QED) is 0.590. The Labute approximate surface area is 134 Å². The fourth-order valence-corrected chi connectivity index (χ4v) is 1.96. The number of hydrazine groups is 1. The minimum atomic E-state index is -0.827. The van der Waals surface area contributed by atoms with E-state index in [4.69, 9.17) is 0 Å². The van der Waals surface area contributed by atoms with Gasteiger partial charge in [0.25, 0.3) is 0 Å². The molecule has 0 bridgehead atoms. The summed E-state index contributed by atoms with van der Waals surface area (Å²) in [6.45, 7) is 5.67. The van der Waals surface area contributed by atoms with Crippen LogP contribution in [-0.2, 0) is 16.0 Å². The first-order valence-corrected chi connectivity index (χ1v) is 7.26. The molecule has 0 radical (unpaired) electrons. The van der Waals surface area contributed by atoms with Crippen molar-refractivity contribution in [2.24, 2.45) is 0 Å². The van der Waals surface area contributed by atoms with Crippen LogP contribution in [0, 0.1) is 13.8 Å². The zero-order chi connectivity index (χ0) is 16.8. The van der Waals surface area contributed by atoms with Gasteiger partial charge in [-0.3, -0.25) is 20.4 Å². The number of carbonyl (C=O) groups excluding carboxylic acids is 2. The Hall–Kier alpha value is -2.96. The van der Waals surface area contributed by atoms with E-state index in [1.165, 1.54) is 0 Å². The Balaban J connectivity index is 1.90. The van der Waals surface area contributed by atoms with Crippen molar-refractivity contribution in [1.82, 2.24) is 15.4 Å². The molecule has 0 saturated carbocycles. The summed E-state index contributed by atoms with van der Waals surface area (Å²) in [7, 11) is 0. The molecule has 0 aliphatic carbocycles. The summed E-state index contributed by atoms with van der Waals surface area (Å²) in [6, 6.07) is 9.11. The number of anilines is 2. The molecule has 0 unspecified atom stereocenters. The van der Waals surface area contributed by atoms with Gasteiger partial charge in [0.05, 0.1) is 0 Å². The standard InChI is InChI=1S/C16H19N5O2/c1-4-12-5-7-13(8-6-12)19-14(22)15(23)20-21-16-17-10(2)9-11(3)18-16/h5-9H,4H2,1-3H3,(H,19,22)(H,20,23)(H,17,18,21). The summed E-state index contributed by atoms with van der Waals surface area (Å²) >= 11 is 0. The molecule has 1 aromatic heterocycles. The fraction of sp³-hybridized carbons (Fsp3) is 0.250. The minimum Gasteiger partial charge on any atom is -0.318 e. The van der Waals surface area contributed by atoms with Crippen LogP contribution < -0.4 is 16.2 Å². The molecule has 2 rings (SSSR count). The second kappa shape index (κ2) is 7.35. The maximum Gasteiger partial charge on any atom is 0.328 e. The smallest absolute Gasteiger partial charge is 0.318 e. The van der Waals surface area contributed by atoms with Crippen molar-refractivity contribution in [2.45, 2.75) is 27.2 Å². The SMILES string of the molecule is CCc1ccc(NC(=O)C(=O)NNc2nc(C)cc(C)n2)cc1. The van der Waals surface area contributed by atoms with E-state index >= 15 is 0 Å². The number of hydrogen-bond acceptors (Lipinski definition) is 5. The van der Waals surface area contributed by atoms with Gasteiger partial charge in [-0.15, -0.1) is 0 Å². The number of aryl methyl sites for hydroxylation is 3. The lowest BCUT2D eigenvalue weighted by Gasteiger charge is -2.09. The van der Waals surface area contributed by atoms with Gasteiger partial charge in [-0.2, -0.15) is 0 Å². The zero-order valence-electron chi connectivity index (χ0n) is 13.3. The highest BCUT2D eigenvalue weighted by molar-refractivity contribution is 6.39. The van der Waals surface area contributed by atoms with Gasteiger partial charge in [-0.05, 0) is 44.0 Å². The van der Waals surface area contributed by atoms with Gasteiger partial charge < -0.3 is 5.32 Å². The minimum absolute atomic E-state index is 0.232. The average molecular weight is 313 g/mol. The third-order valence-corrected chi connectivity index (χ3v) is 3.10. The van der Waals surface area contributed by atoms with Crippen LogP contribution in [0.2, 0.25) is 0 Å². The van der Waals surface area contributed by atoms with Crippen LogP contribution >= 0.6 is 0 Å². The van der Waals surface area contributed by atoms with Gasteiger partial charge in [-0.25, -0.2) is 9.97 Å². The van der Waals surface area contributed by atoms with Crippen molar-refractivity contribution in [3.63, 3.8) is 0 Å². The van der Waals surface area contributed by atoms with Gasteiger partial charge in [0.15, 0.2) is 0 Å². The van der Waals surface area contributed by atoms with Crippen LogP contribution in [0.15, 0.2) is 30.3 Å². The van der Waals surface area contributed by atoms with E-state index in [0.717, 1.165) is 23.4 Å². The van der Waals surface area contributed by atoms with Crippen LogP contribution in [0.4, 0.5) is 11.6 Å². The molecule has 1 aromatic carbocycles. The number of aromatic nitrogens is 2. The number of nitrogens with zero attached hydrogens (tertiary/aromatic N) is 2. The van der Waals surface area contributed by atoms with Crippen LogP contribution in [0.5, 0.6) is 0 Å². The molecule has 0 fully saturated rings. The number of benzene rings is 1. The first kappa shape index (κ1) is 16.4. The monoisotopic (exact) mass is 313 g/mol. The maximum absolute atomic E-state index is 11.8. The molecular weight excluding hydrogens is 294 g/mol. The van der Waals surface area contributed by atoms with E-state index in [0.29, 0.717) is 5.69 Å². The van der Waals surface area contributed by atoms with Crippen molar-refractivity contribution in [3.05, 3.63) is 47.3 Å². The highest BCUT2D eigenvalue weighted by atomic mass is 16.2. The average Bonchev–Trinajstić information content (AvgIpc) is 2.52. The topological polar surface area (TPSA) is 96.0 Å². The molecular formula is C16H19N5O2. The van der Waals surface area contributed by atoms with Crippen molar-refractivity contribution in [3.8, 4) is 0 Å². The molecule has 0 saturated heterocycles. The number of amides is 2. The summed E-state index contributed by atoms with van der Waals surface area (Å²) < 4.78 is 0. The third kappa shape index (κ3) is 4.77. The summed E-state index contributed by atoms with van der Waals surface area (Å²) in [5.74, 6) is -1.37. The molecule has 3 N–H and O–H groups in total. The van der Waals surface area contributed by atoms with Crippen LogP contribution in [0.3, 0.4) is 0 Å². The Morgan fingerprint density at radius 1 is 1.00 bits per heavy atom. The predicted octanol–water partition coefficient (Wildman–Crippen LogP) is 1.74. The number of hydrogen-bond donors (Lipinski definition) is 3. The Bertz CT molecular complexity index is 693. The van der Waals surface area contributed by atoms with E-state index in [2.05, 4.69) is 26.1 Å². The lowest BCUT2D eigenvalue weighted by molar-refractivity contribution is -0.135. The largest absolute Gasteiger partial charge is 0.328 e. The lowest BCUT2D eigenvalue weighted by Crippen LogP contribution is -2.39. The summed E-state index contributed by atoms with van der Waals surface area (Å²) in [6.07, 6.45) is 0.911. The lowest BCUT2D eigenvalue weighted by atomic mass is 10.1. The van der Waals surface area contributed by atoms with Crippen LogP contribution in [-0.4, -0.2) is 21.8 Å². The van der Waals surface area contributed by atoms with Crippen molar-refractivity contribution in [1.29, 1.82) is 0 Å². The molecule has 120 valence electrons. The molecule has 7 nitrogen and oxygen atoms in total. The van der Waals surface area contributed by atoms with Gasteiger partial charge in [-0.1, -0.05) is 19.1 Å². The Kier molecular flexibility index (Phi) is 5.24. The van der Waals surface area contributed by atoms with E-state index in [1.807, 2.05) is 32.9 Å².